The molecule has 0 atom stereocenters. The van der Waals surface area contributed by atoms with Crippen LogP contribution in [0.15, 0.2) is 24.5 Å². The number of carbonyl (C=O) groups excluding carboxylic acids is 2. The fraction of sp³-hybridized carbons (Fsp3) is 0.167. The van der Waals surface area contributed by atoms with Crippen molar-refractivity contribution >= 4 is 29.2 Å². The number of aromatic carboxylic acids is 1. The van der Waals surface area contributed by atoms with Gasteiger partial charge in [-0.25, -0.2) is 14.6 Å². The molecule has 8 nitrogen and oxygen atoms in total. The Bertz CT molecular complexity index is 736. The Balaban J connectivity index is 2.10. The number of hydrogen-bond donors (Lipinski definition) is 2. The van der Waals surface area contributed by atoms with Crippen LogP contribution < -0.4 is 10.2 Å². The normalized spacial score (nSPS) is 15.5. The maximum Gasteiger partial charge on any atom is 0.354 e. The van der Waals surface area contributed by atoms with E-state index in [1.807, 2.05) is 0 Å². The number of pyridine rings is 1. The molecule has 0 aliphatic carbocycles. The molecule has 0 bridgehead atoms. The number of hydrogen-bond acceptors (Lipinski definition) is 4. The van der Waals surface area contributed by atoms with Gasteiger partial charge in [-0.05, 0) is 12.1 Å². The van der Waals surface area contributed by atoms with Gasteiger partial charge in [0.1, 0.15) is 0 Å². The number of carboxylic acids is 1. The zero-order chi connectivity index (χ0) is 14.3. The van der Waals surface area contributed by atoms with Crippen molar-refractivity contribution in [1.82, 2.24) is 14.7 Å². The number of anilines is 1. The van der Waals surface area contributed by atoms with Crippen LogP contribution in [0.4, 0.5) is 10.5 Å². The third kappa shape index (κ3) is 1.78. The lowest BCUT2D eigenvalue weighted by Gasteiger charge is -2.26. The summed E-state index contributed by atoms with van der Waals surface area (Å²) in [6, 6.07) is 2.75. The van der Waals surface area contributed by atoms with Crippen molar-refractivity contribution in [1.29, 1.82) is 0 Å². The van der Waals surface area contributed by atoms with Crippen molar-refractivity contribution < 1.29 is 19.5 Å². The number of amides is 3. The number of nitrogens with zero attached hydrogens (tertiary/aromatic N) is 3. The van der Waals surface area contributed by atoms with Gasteiger partial charge in [-0.1, -0.05) is 0 Å². The monoisotopic (exact) mass is 274 g/mol. The van der Waals surface area contributed by atoms with E-state index < -0.39 is 12.0 Å². The Labute approximate surface area is 112 Å². The second-order valence-corrected chi connectivity index (χ2v) is 4.29. The van der Waals surface area contributed by atoms with E-state index in [1.54, 1.807) is 18.3 Å². The summed E-state index contributed by atoms with van der Waals surface area (Å²) in [6.07, 6.45) is 2.98. The molecular formula is C12H10N4O4. The first-order valence-electron chi connectivity index (χ1n) is 5.88. The number of carbonyl (C=O) groups is 3. The lowest BCUT2D eigenvalue weighted by molar-refractivity contribution is -0.120. The van der Waals surface area contributed by atoms with Gasteiger partial charge < -0.3 is 5.11 Å². The molecule has 3 rings (SSSR count). The summed E-state index contributed by atoms with van der Waals surface area (Å²) in [5.41, 5.74) is 0.828. The highest BCUT2D eigenvalue weighted by Gasteiger charge is 2.26. The summed E-state index contributed by atoms with van der Waals surface area (Å²) >= 11 is 0. The molecule has 1 saturated heterocycles. The molecule has 2 aromatic rings. The van der Waals surface area contributed by atoms with Crippen molar-refractivity contribution in [3.8, 4) is 0 Å². The van der Waals surface area contributed by atoms with Crippen LogP contribution in [-0.2, 0) is 4.79 Å². The summed E-state index contributed by atoms with van der Waals surface area (Å²) in [5, 5.41) is 11.3. The van der Waals surface area contributed by atoms with Crippen molar-refractivity contribution in [2.75, 3.05) is 11.4 Å². The highest BCUT2D eigenvalue weighted by Crippen LogP contribution is 2.23. The highest BCUT2D eigenvalue weighted by atomic mass is 16.4. The second-order valence-electron chi connectivity index (χ2n) is 4.29. The van der Waals surface area contributed by atoms with E-state index in [9.17, 15) is 14.4 Å². The Morgan fingerprint density at radius 1 is 1.40 bits per heavy atom. The Morgan fingerprint density at radius 2 is 2.20 bits per heavy atom. The molecule has 0 spiro atoms. The average Bonchev–Trinajstić information content (AvgIpc) is 2.82. The molecule has 2 aromatic heterocycles. The molecule has 3 amide bonds. The summed E-state index contributed by atoms with van der Waals surface area (Å²) in [7, 11) is 0. The predicted octanol–water partition coefficient (Wildman–Crippen LogP) is 0.479. The molecule has 8 heteroatoms. The van der Waals surface area contributed by atoms with Crippen LogP contribution in [0.1, 0.15) is 16.9 Å². The van der Waals surface area contributed by atoms with Gasteiger partial charge >= 0.3 is 12.0 Å². The molecule has 3 heterocycles. The summed E-state index contributed by atoms with van der Waals surface area (Å²) < 4.78 is 1.39. The van der Waals surface area contributed by atoms with E-state index in [1.165, 1.54) is 15.5 Å². The van der Waals surface area contributed by atoms with Gasteiger partial charge in [0.05, 0.1) is 11.9 Å². The summed E-state index contributed by atoms with van der Waals surface area (Å²) in [5.74, 6) is -1.43. The van der Waals surface area contributed by atoms with Crippen LogP contribution >= 0.6 is 0 Å². The quantitative estimate of drug-likeness (QED) is 0.828. The average molecular weight is 274 g/mol. The third-order valence-electron chi connectivity index (χ3n) is 3.08. The highest BCUT2D eigenvalue weighted by molar-refractivity contribution is 6.07. The van der Waals surface area contributed by atoms with Crippen molar-refractivity contribution in [3.05, 3.63) is 30.2 Å². The van der Waals surface area contributed by atoms with Gasteiger partial charge in [-0.15, -0.1) is 0 Å². The zero-order valence-corrected chi connectivity index (χ0v) is 10.2. The fourth-order valence-electron chi connectivity index (χ4n) is 2.16. The van der Waals surface area contributed by atoms with Crippen LogP contribution in [0, 0.1) is 0 Å². The summed E-state index contributed by atoms with van der Waals surface area (Å²) in [6.45, 7) is 0.236. The van der Waals surface area contributed by atoms with Crippen LogP contribution in [-0.4, -0.2) is 38.9 Å². The van der Waals surface area contributed by atoms with Crippen LogP contribution in [0.25, 0.3) is 5.65 Å². The molecule has 1 aliphatic heterocycles. The minimum absolute atomic E-state index is 0.00958. The molecule has 1 aliphatic rings. The minimum atomic E-state index is -1.10. The Morgan fingerprint density at radius 3 is 2.90 bits per heavy atom. The first-order valence-corrected chi connectivity index (χ1v) is 5.88. The number of rotatable bonds is 2. The van der Waals surface area contributed by atoms with Crippen molar-refractivity contribution in [2.45, 2.75) is 6.42 Å². The lowest BCUT2D eigenvalue weighted by Crippen LogP contribution is -2.49. The predicted molar refractivity (Wildman–Crippen MR) is 67.7 cm³/mol. The fourth-order valence-corrected chi connectivity index (χ4v) is 2.16. The smallest absolute Gasteiger partial charge is 0.354 e. The SMILES string of the molecule is O=C1CCN(c2cccn3c(C(=O)O)cnc23)C(=O)N1. The number of imidazole rings is 1. The summed E-state index contributed by atoms with van der Waals surface area (Å²) in [4.78, 5) is 39.5. The van der Waals surface area contributed by atoms with Gasteiger partial charge in [0.25, 0.3) is 0 Å². The van der Waals surface area contributed by atoms with E-state index in [2.05, 4.69) is 10.3 Å². The van der Waals surface area contributed by atoms with E-state index in [0.717, 1.165) is 0 Å². The van der Waals surface area contributed by atoms with Gasteiger partial charge in [-0.3, -0.25) is 19.4 Å². The second kappa shape index (κ2) is 4.34. The van der Waals surface area contributed by atoms with E-state index in [0.29, 0.717) is 11.3 Å². The molecule has 102 valence electrons. The van der Waals surface area contributed by atoms with E-state index >= 15 is 0 Å². The Kier molecular flexibility index (Phi) is 2.63. The maximum atomic E-state index is 11.8. The zero-order valence-electron chi connectivity index (χ0n) is 10.2. The van der Waals surface area contributed by atoms with Gasteiger partial charge in [0.15, 0.2) is 11.3 Å². The van der Waals surface area contributed by atoms with Gasteiger partial charge in [-0.2, -0.15) is 0 Å². The largest absolute Gasteiger partial charge is 0.477 e. The van der Waals surface area contributed by atoms with E-state index in [4.69, 9.17) is 5.11 Å². The number of nitrogens with one attached hydrogen (secondary N) is 1. The van der Waals surface area contributed by atoms with E-state index in [-0.39, 0.29) is 24.6 Å². The molecule has 20 heavy (non-hydrogen) atoms. The third-order valence-corrected chi connectivity index (χ3v) is 3.08. The molecule has 0 aromatic carbocycles. The topological polar surface area (TPSA) is 104 Å². The number of urea groups is 1. The molecule has 0 radical (unpaired) electrons. The van der Waals surface area contributed by atoms with Gasteiger partial charge in [0, 0.05) is 19.2 Å². The lowest BCUT2D eigenvalue weighted by atomic mass is 10.2. The number of aromatic nitrogens is 2. The minimum Gasteiger partial charge on any atom is -0.477 e. The number of imide groups is 1. The van der Waals surface area contributed by atoms with Crippen molar-refractivity contribution in [3.63, 3.8) is 0 Å². The van der Waals surface area contributed by atoms with Gasteiger partial charge in [0.2, 0.25) is 5.91 Å². The molecule has 2 N–H and O–H groups in total. The standard InChI is InChI=1S/C12H10N4O4/c17-9-3-5-16(12(20)14-9)7-2-1-4-15-8(11(18)19)6-13-10(7)15/h1-2,4,6H,3,5H2,(H,18,19)(H,14,17,20). The van der Waals surface area contributed by atoms with Crippen molar-refractivity contribution in [2.24, 2.45) is 0 Å². The first kappa shape index (κ1) is 12.2. The maximum absolute atomic E-state index is 11.8. The molecule has 0 unspecified atom stereocenters. The molecule has 0 saturated carbocycles. The molecular weight excluding hydrogens is 264 g/mol. The van der Waals surface area contributed by atoms with Crippen LogP contribution in [0.3, 0.4) is 0 Å². The van der Waals surface area contributed by atoms with Crippen LogP contribution in [0.5, 0.6) is 0 Å². The number of fused-ring (bicyclic) bond motifs is 1. The number of carboxylic acid groups (broad SMARTS) is 1. The van der Waals surface area contributed by atoms with Crippen LogP contribution in [0.2, 0.25) is 0 Å². The Hall–Kier alpha value is -2.90. The first-order chi connectivity index (χ1) is 9.58. The molecule has 1 fully saturated rings.